The molecule has 0 spiro atoms. The largest absolute Gasteiger partial charge is 0.465 e. The number of rotatable bonds is 6. The third kappa shape index (κ3) is 3.82. The first-order chi connectivity index (χ1) is 14.2. The maximum atomic E-state index is 12.9. The van der Waals surface area contributed by atoms with Crippen molar-refractivity contribution in [3.63, 3.8) is 0 Å². The standard InChI is InChI=1S/C23H20N2O4/c1-2-11-24-20(26)14-29-23(27)21-17-7-3-4-8-19(17)25-22-15(9-10-18(21)22)13-16-6-5-12-28-16/h2-8,12-13H,1,9-11,14H2,(H,24,26)/b15-13+. The first kappa shape index (κ1) is 18.7. The van der Waals surface area contributed by atoms with E-state index in [1.807, 2.05) is 42.5 Å². The maximum Gasteiger partial charge on any atom is 0.339 e. The van der Waals surface area contributed by atoms with Crippen molar-refractivity contribution in [2.45, 2.75) is 12.8 Å². The fraction of sp³-hybridized carbons (Fsp3) is 0.174. The van der Waals surface area contributed by atoms with E-state index in [4.69, 9.17) is 14.1 Å². The number of amides is 1. The quantitative estimate of drug-likeness (QED) is 0.513. The molecule has 1 aromatic carbocycles. The number of esters is 1. The van der Waals surface area contributed by atoms with Crippen molar-refractivity contribution in [1.82, 2.24) is 10.3 Å². The molecule has 0 saturated heterocycles. The van der Waals surface area contributed by atoms with E-state index < -0.39 is 5.97 Å². The number of hydrogen-bond acceptors (Lipinski definition) is 5. The number of carbonyl (C=O) groups is 2. The van der Waals surface area contributed by atoms with Crippen LogP contribution in [0.25, 0.3) is 22.6 Å². The summed E-state index contributed by atoms with van der Waals surface area (Å²) in [7, 11) is 0. The summed E-state index contributed by atoms with van der Waals surface area (Å²) < 4.78 is 10.7. The van der Waals surface area contributed by atoms with Gasteiger partial charge in [-0.25, -0.2) is 9.78 Å². The Morgan fingerprint density at radius 2 is 2.07 bits per heavy atom. The summed E-state index contributed by atoms with van der Waals surface area (Å²) in [5, 5.41) is 3.32. The molecule has 146 valence electrons. The number of nitrogens with zero attached hydrogens (tertiary/aromatic N) is 1. The van der Waals surface area contributed by atoms with Crippen LogP contribution in [0.2, 0.25) is 0 Å². The molecular formula is C23H20N2O4. The third-order valence-corrected chi connectivity index (χ3v) is 4.78. The van der Waals surface area contributed by atoms with Crippen LogP contribution < -0.4 is 5.32 Å². The van der Waals surface area contributed by atoms with E-state index in [2.05, 4.69) is 11.9 Å². The zero-order valence-electron chi connectivity index (χ0n) is 15.8. The second kappa shape index (κ2) is 8.14. The number of benzene rings is 1. The van der Waals surface area contributed by atoms with Crippen molar-refractivity contribution < 1.29 is 18.7 Å². The topological polar surface area (TPSA) is 81.4 Å². The van der Waals surface area contributed by atoms with E-state index in [1.165, 1.54) is 0 Å². The first-order valence-electron chi connectivity index (χ1n) is 9.38. The number of carbonyl (C=O) groups excluding carboxylic acids is 2. The van der Waals surface area contributed by atoms with Gasteiger partial charge in [0.1, 0.15) is 5.76 Å². The Kier molecular flexibility index (Phi) is 5.24. The van der Waals surface area contributed by atoms with Gasteiger partial charge >= 0.3 is 5.97 Å². The molecule has 4 rings (SSSR count). The van der Waals surface area contributed by atoms with E-state index in [0.29, 0.717) is 24.0 Å². The zero-order chi connectivity index (χ0) is 20.2. The van der Waals surface area contributed by atoms with Crippen LogP contribution in [-0.4, -0.2) is 30.0 Å². The SMILES string of the molecule is C=CCNC(=O)COC(=O)c1c2c(nc3ccccc13)/C(=C/c1ccco1)CC2. The molecule has 0 saturated carbocycles. The second-order valence-corrected chi connectivity index (χ2v) is 6.68. The molecule has 0 radical (unpaired) electrons. The monoisotopic (exact) mass is 388 g/mol. The maximum absolute atomic E-state index is 12.9. The molecule has 0 bridgehead atoms. The summed E-state index contributed by atoms with van der Waals surface area (Å²) in [5.41, 5.74) is 3.83. The molecular weight excluding hydrogens is 368 g/mol. The van der Waals surface area contributed by atoms with Gasteiger partial charge in [0.2, 0.25) is 0 Å². The summed E-state index contributed by atoms with van der Waals surface area (Å²) in [5.74, 6) is -0.148. The predicted octanol–water partition coefficient (Wildman–Crippen LogP) is 3.77. The average Bonchev–Trinajstić information content (AvgIpc) is 3.39. The van der Waals surface area contributed by atoms with Crippen molar-refractivity contribution >= 4 is 34.4 Å². The van der Waals surface area contributed by atoms with Crippen molar-refractivity contribution in [3.8, 4) is 0 Å². The summed E-state index contributed by atoms with van der Waals surface area (Å²) in [6, 6.07) is 11.2. The van der Waals surface area contributed by atoms with Crippen molar-refractivity contribution in [3.05, 3.63) is 77.9 Å². The number of allylic oxidation sites excluding steroid dienone is 1. The Balaban J connectivity index is 1.71. The predicted molar refractivity (Wildman–Crippen MR) is 110 cm³/mol. The average molecular weight is 388 g/mol. The highest BCUT2D eigenvalue weighted by molar-refractivity contribution is 6.07. The van der Waals surface area contributed by atoms with Crippen LogP contribution >= 0.6 is 0 Å². The van der Waals surface area contributed by atoms with Crippen LogP contribution in [-0.2, 0) is 16.0 Å². The molecule has 6 nitrogen and oxygen atoms in total. The van der Waals surface area contributed by atoms with Gasteiger partial charge in [-0.2, -0.15) is 0 Å². The fourth-order valence-corrected chi connectivity index (χ4v) is 3.50. The Labute approximate surface area is 167 Å². The van der Waals surface area contributed by atoms with Gasteiger partial charge in [0, 0.05) is 11.9 Å². The number of nitrogens with one attached hydrogen (secondary N) is 1. The van der Waals surface area contributed by atoms with Crippen LogP contribution in [0.3, 0.4) is 0 Å². The summed E-state index contributed by atoms with van der Waals surface area (Å²) in [6.07, 6.45) is 6.56. The highest BCUT2D eigenvalue weighted by Gasteiger charge is 2.28. The molecule has 1 aliphatic rings. The summed E-state index contributed by atoms with van der Waals surface area (Å²) in [4.78, 5) is 29.5. The molecule has 0 aliphatic heterocycles. The Hall–Kier alpha value is -3.67. The lowest BCUT2D eigenvalue weighted by atomic mass is 10.0. The van der Waals surface area contributed by atoms with Gasteiger partial charge in [0.15, 0.2) is 6.61 Å². The van der Waals surface area contributed by atoms with Gasteiger partial charge in [-0.05, 0) is 48.3 Å². The minimum Gasteiger partial charge on any atom is -0.465 e. The van der Waals surface area contributed by atoms with E-state index in [9.17, 15) is 9.59 Å². The van der Waals surface area contributed by atoms with Crippen molar-refractivity contribution in [2.75, 3.05) is 13.2 Å². The lowest BCUT2D eigenvalue weighted by molar-refractivity contribution is -0.124. The fourth-order valence-electron chi connectivity index (χ4n) is 3.50. The van der Waals surface area contributed by atoms with E-state index in [-0.39, 0.29) is 12.5 Å². The van der Waals surface area contributed by atoms with Gasteiger partial charge in [-0.3, -0.25) is 4.79 Å². The molecule has 29 heavy (non-hydrogen) atoms. The lowest BCUT2D eigenvalue weighted by Gasteiger charge is -2.12. The van der Waals surface area contributed by atoms with E-state index in [0.717, 1.165) is 34.4 Å². The number of ether oxygens (including phenoxy) is 1. The minimum absolute atomic E-state index is 0.324. The number of furan rings is 1. The Morgan fingerprint density at radius 3 is 2.86 bits per heavy atom. The smallest absolute Gasteiger partial charge is 0.339 e. The zero-order valence-corrected chi connectivity index (χ0v) is 15.8. The number of aromatic nitrogens is 1. The van der Waals surface area contributed by atoms with Crippen molar-refractivity contribution in [1.29, 1.82) is 0 Å². The van der Waals surface area contributed by atoms with Crippen LogP contribution in [0.5, 0.6) is 0 Å². The van der Waals surface area contributed by atoms with Crippen LogP contribution in [0.4, 0.5) is 0 Å². The molecule has 2 aromatic heterocycles. The minimum atomic E-state index is -0.521. The highest BCUT2D eigenvalue weighted by Crippen LogP contribution is 2.37. The van der Waals surface area contributed by atoms with Gasteiger partial charge in [0.25, 0.3) is 5.91 Å². The number of para-hydroxylation sites is 1. The molecule has 0 fully saturated rings. The molecule has 1 N–H and O–H groups in total. The Morgan fingerprint density at radius 1 is 1.21 bits per heavy atom. The summed E-state index contributed by atoms with van der Waals surface area (Å²) >= 11 is 0. The van der Waals surface area contributed by atoms with Crippen LogP contribution in [0.15, 0.2) is 59.7 Å². The molecule has 2 heterocycles. The third-order valence-electron chi connectivity index (χ3n) is 4.78. The van der Waals surface area contributed by atoms with Crippen LogP contribution in [0.1, 0.15) is 33.8 Å². The summed E-state index contributed by atoms with van der Waals surface area (Å²) in [6.45, 7) is 3.53. The number of fused-ring (bicyclic) bond motifs is 2. The highest BCUT2D eigenvalue weighted by atomic mass is 16.5. The first-order valence-corrected chi connectivity index (χ1v) is 9.38. The molecule has 6 heteroatoms. The molecule has 1 amide bonds. The number of pyridine rings is 1. The normalized spacial score (nSPS) is 14.0. The van der Waals surface area contributed by atoms with E-state index in [1.54, 1.807) is 12.3 Å². The molecule has 0 unspecified atom stereocenters. The van der Waals surface area contributed by atoms with E-state index >= 15 is 0 Å². The molecule has 0 atom stereocenters. The number of hydrogen-bond donors (Lipinski definition) is 1. The van der Waals surface area contributed by atoms with Gasteiger partial charge < -0.3 is 14.5 Å². The van der Waals surface area contributed by atoms with Crippen molar-refractivity contribution in [2.24, 2.45) is 0 Å². The second-order valence-electron chi connectivity index (χ2n) is 6.68. The molecule has 3 aromatic rings. The lowest BCUT2D eigenvalue weighted by Crippen LogP contribution is -2.29. The van der Waals surface area contributed by atoms with Gasteiger partial charge in [0.05, 0.1) is 23.0 Å². The Bertz CT molecular complexity index is 1110. The molecule has 1 aliphatic carbocycles. The van der Waals surface area contributed by atoms with Gasteiger partial charge in [-0.15, -0.1) is 6.58 Å². The van der Waals surface area contributed by atoms with Gasteiger partial charge in [-0.1, -0.05) is 24.3 Å². The van der Waals surface area contributed by atoms with Crippen LogP contribution in [0, 0.1) is 0 Å².